The highest BCUT2D eigenvalue weighted by Gasteiger charge is 2.18. The number of ketones is 1. The summed E-state index contributed by atoms with van der Waals surface area (Å²) in [5.41, 5.74) is 5.02. The van der Waals surface area contributed by atoms with Crippen LogP contribution in [0.1, 0.15) is 58.8 Å². The predicted octanol–water partition coefficient (Wildman–Crippen LogP) is 1.30. The molecule has 0 unspecified atom stereocenters. The number of Topliss-reactive ketones (excluding diaryl/α,β-unsaturated/α-hetero) is 1. The molecule has 0 saturated carbocycles. The van der Waals surface area contributed by atoms with Gasteiger partial charge in [0.05, 0.1) is 12.5 Å². The molecule has 0 aromatic carbocycles. The van der Waals surface area contributed by atoms with Crippen molar-refractivity contribution in [3.8, 4) is 0 Å². The fourth-order valence-electron chi connectivity index (χ4n) is 1.65. The number of carbonyl (C=O) groups is 3. The van der Waals surface area contributed by atoms with Crippen LogP contribution in [0.3, 0.4) is 0 Å². The lowest BCUT2D eigenvalue weighted by atomic mass is 10.1. The van der Waals surface area contributed by atoms with Crippen LogP contribution in [-0.2, 0) is 14.4 Å². The van der Waals surface area contributed by atoms with Crippen LogP contribution in [-0.4, -0.2) is 23.6 Å². The maximum atomic E-state index is 11.6. The van der Waals surface area contributed by atoms with E-state index in [9.17, 15) is 14.4 Å². The Morgan fingerprint density at radius 2 is 1.72 bits per heavy atom. The van der Waals surface area contributed by atoms with Gasteiger partial charge >= 0.3 is 0 Å². The Morgan fingerprint density at radius 3 is 2.22 bits per heavy atom. The highest BCUT2D eigenvalue weighted by atomic mass is 16.2. The molecule has 0 aliphatic carbocycles. The van der Waals surface area contributed by atoms with E-state index in [1.807, 2.05) is 0 Å². The van der Waals surface area contributed by atoms with Crippen LogP contribution in [0.4, 0.5) is 0 Å². The zero-order valence-corrected chi connectivity index (χ0v) is 11.3. The lowest BCUT2D eigenvalue weighted by Crippen LogP contribution is -2.42. The van der Waals surface area contributed by atoms with E-state index in [0.29, 0.717) is 6.42 Å². The minimum atomic E-state index is -0.773. The van der Waals surface area contributed by atoms with E-state index < -0.39 is 11.9 Å². The summed E-state index contributed by atoms with van der Waals surface area (Å²) in [6.07, 6.45) is 5.57. The minimum absolute atomic E-state index is 0.128. The largest absolute Gasteiger partial charge is 0.370 e. The van der Waals surface area contributed by atoms with Crippen LogP contribution in [0.5, 0.6) is 0 Å². The van der Waals surface area contributed by atoms with Gasteiger partial charge in [0.1, 0.15) is 0 Å². The Labute approximate surface area is 108 Å². The first-order valence-corrected chi connectivity index (χ1v) is 6.55. The zero-order valence-electron chi connectivity index (χ0n) is 11.3. The summed E-state index contributed by atoms with van der Waals surface area (Å²) in [6, 6.07) is -0.773. The summed E-state index contributed by atoms with van der Waals surface area (Å²) in [4.78, 5) is 33.5. The topological polar surface area (TPSA) is 89.3 Å². The Morgan fingerprint density at radius 1 is 1.11 bits per heavy atom. The predicted molar refractivity (Wildman–Crippen MR) is 69.8 cm³/mol. The van der Waals surface area contributed by atoms with Crippen molar-refractivity contribution >= 4 is 17.6 Å². The molecule has 5 nitrogen and oxygen atoms in total. The summed E-state index contributed by atoms with van der Waals surface area (Å²) >= 11 is 0. The fraction of sp³-hybridized carbons (Fsp3) is 0.769. The number of nitrogens with two attached hydrogens (primary N) is 1. The third-order valence-electron chi connectivity index (χ3n) is 2.74. The maximum absolute atomic E-state index is 11.6. The first-order valence-electron chi connectivity index (χ1n) is 6.55. The van der Waals surface area contributed by atoms with Crippen molar-refractivity contribution in [2.24, 2.45) is 5.73 Å². The number of rotatable bonds is 10. The van der Waals surface area contributed by atoms with Gasteiger partial charge in [0, 0.05) is 6.42 Å². The van der Waals surface area contributed by atoms with Crippen molar-refractivity contribution in [1.82, 2.24) is 5.32 Å². The third-order valence-corrected chi connectivity index (χ3v) is 2.74. The molecule has 0 bridgehead atoms. The molecule has 18 heavy (non-hydrogen) atoms. The lowest BCUT2D eigenvalue weighted by molar-refractivity contribution is -0.129. The van der Waals surface area contributed by atoms with Crippen LogP contribution >= 0.6 is 0 Å². The fourth-order valence-corrected chi connectivity index (χ4v) is 1.65. The SMILES string of the molecule is CCCCCCCC(=O)N[C@H](CC(N)=O)C(C)=O. The van der Waals surface area contributed by atoms with E-state index in [4.69, 9.17) is 5.73 Å². The van der Waals surface area contributed by atoms with E-state index in [-0.39, 0.29) is 18.1 Å². The van der Waals surface area contributed by atoms with Gasteiger partial charge in [-0.3, -0.25) is 14.4 Å². The normalized spacial score (nSPS) is 11.9. The molecule has 0 heterocycles. The molecular formula is C13H24N2O3. The van der Waals surface area contributed by atoms with E-state index in [2.05, 4.69) is 12.2 Å². The second-order valence-corrected chi connectivity index (χ2v) is 4.57. The molecule has 0 rings (SSSR count). The first kappa shape index (κ1) is 16.6. The highest BCUT2D eigenvalue weighted by Crippen LogP contribution is 2.05. The smallest absolute Gasteiger partial charge is 0.220 e. The van der Waals surface area contributed by atoms with E-state index >= 15 is 0 Å². The molecule has 0 saturated heterocycles. The first-order chi connectivity index (χ1) is 8.47. The summed E-state index contributed by atoms with van der Waals surface area (Å²) in [6.45, 7) is 3.48. The Kier molecular flexibility index (Phi) is 8.88. The van der Waals surface area contributed by atoms with Gasteiger partial charge in [-0.05, 0) is 13.3 Å². The van der Waals surface area contributed by atoms with Gasteiger partial charge in [0.2, 0.25) is 11.8 Å². The molecule has 2 amide bonds. The van der Waals surface area contributed by atoms with Crippen molar-refractivity contribution in [3.63, 3.8) is 0 Å². The molecule has 0 spiro atoms. The molecule has 0 fully saturated rings. The van der Waals surface area contributed by atoms with Crippen molar-refractivity contribution in [3.05, 3.63) is 0 Å². The molecule has 5 heteroatoms. The van der Waals surface area contributed by atoms with Crippen LogP contribution in [0, 0.1) is 0 Å². The van der Waals surface area contributed by atoms with Crippen LogP contribution < -0.4 is 11.1 Å². The molecular weight excluding hydrogens is 232 g/mol. The number of hydrogen-bond donors (Lipinski definition) is 2. The summed E-state index contributed by atoms with van der Waals surface area (Å²) in [7, 11) is 0. The lowest BCUT2D eigenvalue weighted by Gasteiger charge is -2.14. The van der Waals surface area contributed by atoms with Crippen molar-refractivity contribution in [2.75, 3.05) is 0 Å². The summed E-state index contributed by atoms with van der Waals surface area (Å²) in [5.74, 6) is -1.01. The maximum Gasteiger partial charge on any atom is 0.220 e. The number of primary amides is 1. The van der Waals surface area contributed by atoms with Crippen LogP contribution in [0.2, 0.25) is 0 Å². The second-order valence-electron chi connectivity index (χ2n) is 4.57. The van der Waals surface area contributed by atoms with E-state index in [1.54, 1.807) is 0 Å². The van der Waals surface area contributed by atoms with Gasteiger partial charge in [-0.15, -0.1) is 0 Å². The monoisotopic (exact) mass is 256 g/mol. The third kappa shape index (κ3) is 8.73. The molecule has 0 radical (unpaired) electrons. The number of hydrogen-bond acceptors (Lipinski definition) is 3. The van der Waals surface area contributed by atoms with Crippen molar-refractivity contribution in [1.29, 1.82) is 0 Å². The Bertz CT molecular complexity index is 290. The molecule has 1 atom stereocenters. The molecule has 0 aliphatic heterocycles. The van der Waals surface area contributed by atoms with Gasteiger partial charge in [-0.2, -0.15) is 0 Å². The Hall–Kier alpha value is -1.39. The minimum Gasteiger partial charge on any atom is -0.370 e. The standard InChI is InChI=1S/C13H24N2O3/c1-3-4-5-6-7-8-13(18)15-11(10(2)16)9-12(14)17/h11H,3-9H2,1-2H3,(H2,14,17)(H,15,18)/t11-/m1/s1. The van der Waals surface area contributed by atoms with Crippen molar-refractivity contribution in [2.45, 2.75) is 64.8 Å². The van der Waals surface area contributed by atoms with E-state index in [1.165, 1.54) is 13.3 Å². The van der Waals surface area contributed by atoms with Gasteiger partial charge in [-0.1, -0.05) is 32.6 Å². The van der Waals surface area contributed by atoms with Crippen molar-refractivity contribution < 1.29 is 14.4 Å². The van der Waals surface area contributed by atoms with E-state index in [0.717, 1.165) is 25.7 Å². The molecule has 0 aromatic heterocycles. The van der Waals surface area contributed by atoms with Crippen LogP contribution in [0.15, 0.2) is 0 Å². The number of amides is 2. The molecule has 0 aliphatic rings. The zero-order chi connectivity index (χ0) is 14.0. The Balaban J connectivity index is 3.88. The summed E-state index contributed by atoms with van der Waals surface area (Å²) in [5, 5.41) is 2.55. The second kappa shape index (κ2) is 9.62. The average molecular weight is 256 g/mol. The molecule has 3 N–H and O–H groups in total. The summed E-state index contributed by atoms with van der Waals surface area (Å²) < 4.78 is 0. The highest BCUT2D eigenvalue weighted by molar-refractivity contribution is 5.91. The quantitative estimate of drug-likeness (QED) is 0.577. The van der Waals surface area contributed by atoms with Gasteiger partial charge in [0.25, 0.3) is 0 Å². The van der Waals surface area contributed by atoms with Crippen LogP contribution in [0.25, 0.3) is 0 Å². The number of unbranched alkanes of at least 4 members (excludes halogenated alkanes) is 4. The molecule has 0 aromatic rings. The number of carbonyl (C=O) groups excluding carboxylic acids is 3. The average Bonchev–Trinajstić information content (AvgIpc) is 2.27. The van der Waals surface area contributed by atoms with Gasteiger partial charge < -0.3 is 11.1 Å². The van der Waals surface area contributed by atoms with Gasteiger partial charge in [-0.25, -0.2) is 0 Å². The molecule has 104 valence electrons. The van der Waals surface area contributed by atoms with Gasteiger partial charge in [0.15, 0.2) is 5.78 Å². The number of nitrogens with one attached hydrogen (secondary N) is 1.